The van der Waals surface area contributed by atoms with Gasteiger partial charge in [-0.2, -0.15) is 0 Å². The summed E-state index contributed by atoms with van der Waals surface area (Å²) in [6.45, 7) is 14.1. The van der Waals surface area contributed by atoms with Crippen LogP contribution in [-0.2, 0) is 23.6 Å². The fourth-order valence-corrected chi connectivity index (χ4v) is 11.1. The van der Waals surface area contributed by atoms with Crippen LogP contribution >= 0.6 is 0 Å². The van der Waals surface area contributed by atoms with Gasteiger partial charge in [0.25, 0.3) is 0 Å². The first-order valence-electron chi connectivity index (χ1n) is 14.0. The van der Waals surface area contributed by atoms with Gasteiger partial charge in [0, 0.05) is 0 Å². The first kappa shape index (κ1) is 33.2. The Morgan fingerprint density at radius 3 is 1.03 bits per heavy atom. The van der Waals surface area contributed by atoms with Crippen molar-refractivity contribution in [1.82, 2.24) is 0 Å². The molecule has 0 aromatic heterocycles. The molecule has 6 nitrogen and oxygen atoms in total. The van der Waals surface area contributed by atoms with Gasteiger partial charge in [0.05, 0.1) is 0 Å². The van der Waals surface area contributed by atoms with Crippen molar-refractivity contribution in [2.24, 2.45) is 17.8 Å². The molecular formula is C27H52O6Sn. The molecule has 0 saturated carbocycles. The molecule has 0 radical (unpaired) electrons. The molecule has 0 heterocycles. The Labute approximate surface area is 214 Å². The van der Waals surface area contributed by atoms with E-state index in [2.05, 4.69) is 20.8 Å². The van der Waals surface area contributed by atoms with Crippen LogP contribution in [-0.4, -0.2) is 37.5 Å². The average molecular weight is 591 g/mol. The van der Waals surface area contributed by atoms with Gasteiger partial charge in [-0.25, -0.2) is 0 Å². The number of hydrogen-bond acceptors (Lipinski definition) is 6. The van der Waals surface area contributed by atoms with Crippen molar-refractivity contribution in [3.05, 3.63) is 0 Å². The van der Waals surface area contributed by atoms with E-state index < -0.39 is 19.6 Å². The zero-order valence-corrected chi connectivity index (χ0v) is 25.9. The molecule has 0 amide bonds. The van der Waals surface area contributed by atoms with Crippen LogP contribution in [0, 0.1) is 17.8 Å². The molecule has 0 fully saturated rings. The van der Waals surface area contributed by atoms with Crippen molar-refractivity contribution in [3.8, 4) is 0 Å². The van der Waals surface area contributed by atoms with E-state index in [-0.39, 0.29) is 35.7 Å². The average Bonchev–Trinajstić information content (AvgIpc) is 2.80. The summed E-state index contributed by atoms with van der Waals surface area (Å²) >= 11 is -4.85. The van der Waals surface area contributed by atoms with Crippen molar-refractivity contribution < 1.29 is 23.6 Å². The Bertz CT molecular complexity index is 505. The van der Waals surface area contributed by atoms with Crippen LogP contribution in [0.3, 0.4) is 0 Å². The van der Waals surface area contributed by atoms with E-state index in [9.17, 15) is 14.4 Å². The van der Waals surface area contributed by atoms with Crippen LogP contribution in [0.15, 0.2) is 0 Å². The van der Waals surface area contributed by atoms with Gasteiger partial charge in [0.1, 0.15) is 0 Å². The van der Waals surface area contributed by atoms with Crippen LogP contribution in [0.1, 0.15) is 132 Å². The van der Waals surface area contributed by atoms with Crippen molar-refractivity contribution in [3.63, 3.8) is 0 Å². The molecule has 0 aromatic rings. The SMILES string of the molecule is CCCCC(CC)C(=O)[O][Sn]([CH2]CC)([O]C(=O)C(CC)CCCC)[O]C(=O)C(CC)CCCC. The summed E-state index contributed by atoms with van der Waals surface area (Å²) in [5, 5.41) is 0. The number of carbonyl (C=O) groups is 3. The first-order valence-corrected chi connectivity index (χ1v) is 19.5. The van der Waals surface area contributed by atoms with Crippen LogP contribution in [0.5, 0.6) is 0 Å². The molecule has 0 aromatic carbocycles. The molecule has 3 atom stereocenters. The molecule has 0 bridgehead atoms. The standard InChI is InChI=1S/3C8H16O2.C3H7.Sn/c3*1-3-5-6-7(4-2)8(9)10;1-3-2;/h3*7H,3-6H2,1-2H3,(H,9,10);1,3H2,2H3;/q;;;;+3/p-3. The predicted octanol–water partition coefficient (Wildman–Crippen LogP) is 7.61. The number of carbonyl (C=O) groups excluding carboxylic acids is 3. The zero-order chi connectivity index (χ0) is 26.0. The Hall–Kier alpha value is -0.791. The van der Waals surface area contributed by atoms with E-state index in [4.69, 9.17) is 9.22 Å². The summed E-state index contributed by atoms with van der Waals surface area (Å²) in [4.78, 5) is 39.6. The Morgan fingerprint density at radius 2 is 0.824 bits per heavy atom. The fourth-order valence-electron chi connectivity index (χ4n) is 4.05. The van der Waals surface area contributed by atoms with Gasteiger partial charge in [-0.3, -0.25) is 0 Å². The quantitative estimate of drug-likeness (QED) is 0.136. The summed E-state index contributed by atoms with van der Waals surface area (Å²) in [6.07, 6.45) is 10.5. The molecule has 0 spiro atoms. The molecule has 0 aliphatic rings. The number of hydrogen-bond donors (Lipinski definition) is 0. The second kappa shape index (κ2) is 19.4. The maximum absolute atomic E-state index is 13.2. The summed E-state index contributed by atoms with van der Waals surface area (Å²) in [5.41, 5.74) is 0. The minimum atomic E-state index is -4.85. The molecule has 200 valence electrons. The number of unbranched alkanes of at least 4 members (excludes halogenated alkanes) is 3. The van der Waals surface area contributed by atoms with Gasteiger partial charge >= 0.3 is 215 Å². The monoisotopic (exact) mass is 592 g/mol. The van der Waals surface area contributed by atoms with Crippen LogP contribution in [0.25, 0.3) is 0 Å². The van der Waals surface area contributed by atoms with Crippen molar-refractivity contribution in [2.75, 3.05) is 0 Å². The molecule has 0 rings (SSSR count). The van der Waals surface area contributed by atoms with Gasteiger partial charge in [-0.15, -0.1) is 0 Å². The van der Waals surface area contributed by atoms with Crippen molar-refractivity contribution >= 4 is 37.5 Å². The zero-order valence-electron chi connectivity index (χ0n) is 23.1. The van der Waals surface area contributed by atoms with Crippen LogP contribution in [0.4, 0.5) is 0 Å². The van der Waals surface area contributed by atoms with Gasteiger partial charge in [-0.05, 0) is 0 Å². The van der Waals surface area contributed by atoms with Gasteiger partial charge in [-0.1, -0.05) is 0 Å². The molecule has 34 heavy (non-hydrogen) atoms. The molecule has 3 unspecified atom stereocenters. The van der Waals surface area contributed by atoms with Crippen molar-refractivity contribution in [2.45, 2.75) is 136 Å². The molecule has 0 saturated heterocycles. The second-order valence-electron chi connectivity index (χ2n) is 9.44. The molecule has 0 aliphatic heterocycles. The van der Waals surface area contributed by atoms with Crippen LogP contribution < -0.4 is 0 Å². The fraction of sp³-hybridized carbons (Fsp3) is 0.889. The Morgan fingerprint density at radius 1 is 0.529 bits per heavy atom. The third kappa shape index (κ3) is 12.3. The summed E-state index contributed by atoms with van der Waals surface area (Å²) in [5.74, 6) is -1.92. The Kier molecular flexibility index (Phi) is 19.0. The van der Waals surface area contributed by atoms with Gasteiger partial charge in [0.15, 0.2) is 0 Å². The third-order valence-corrected chi connectivity index (χ3v) is 14.1. The minimum absolute atomic E-state index is 0.269. The Balaban J connectivity index is 5.98. The molecular weight excluding hydrogens is 539 g/mol. The van der Waals surface area contributed by atoms with E-state index in [0.29, 0.717) is 30.1 Å². The van der Waals surface area contributed by atoms with E-state index in [0.717, 1.165) is 57.8 Å². The maximum atomic E-state index is 13.2. The van der Waals surface area contributed by atoms with Crippen LogP contribution in [0.2, 0.25) is 4.44 Å². The second-order valence-corrected chi connectivity index (χ2v) is 16.5. The molecule has 0 N–H and O–H groups in total. The topological polar surface area (TPSA) is 78.9 Å². The molecule has 7 heteroatoms. The number of rotatable bonds is 20. The summed E-state index contributed by atoms with van der Waals surface area (Å²) < 4.78 is 18.5. The van der Waals surface area contributed by atoms with E-state index in [1.807, 2.05) is 27.7 Å². The molecule has 0 aliphatic carbocycles. The van der Waals surface area contributed by atoms with E-state index in [1.54, 1.807) is 0 Å². The normalized spacial score (nSPS) is 15.6. The summed E-state index contributed by atoms with van der Waals surface area (Å²) in [6, 6.07) is 0. The summed E-state index contributed by atoms with van der Waals surface area (Å²) in [7, 11) is 0. The van der Waals surface area contributed by atoms with E-state index >= 15 is 0 Å². The third-order valence-electron chi connectivity index (χ3n) is 6.52. The predicted molar refractivity (Wildman–Crippen MR) is 139 cm³/mol. The first-order chi connectivity index (χ1) is 16.3. The van der Waals surface area contributed by atoms with E-state index in [1.165, 1.54) is 0 Å². The van der Waals surface area contributed by atoms with Crippen molar-refractivity contribution in [1.29, 1.82) is 0 Å². The van der Waals surface area contributed by atoms with Gasteiger partial charge in [0.2, 0.25) is 0 Å². The van der Waals surface area contributed by atoms with Gasteiger partial charge < -0.3 is 0 Å².